The molecule has 8 heteroatoms. The minimum Gasteiger partial charge on any atom is -0.505 e. The van der Waals surface area contributed by atoms with Crippen LogP contribution in [0.25, 0.3) is 0 Å². The van der Waals surface area contributed by atoms with Gasteiger partial charge in [-0.1, -0.05) is 5.16 Å². The fourth-order valence-corrected chi connectivity index (χ4v) is 2.06. The second kappa shape index (κ2) is 5.88. The number of amides is 1. The summed E-state index contributed by atoms with van der Waals surface area (Å²) in [6, 6.07) is 2.94. The first-order chi connectivity index (χ1) is 10.2. The molecule has 110 valence electrons. The van der Waals surface area contributed by atoms with E-state index in [1.54, 1.807) is 6.07 Å². The molecule has 0 aliphatic carbocycles. The van der Waals surface area contributed by atoms with Gasteiger partial charge in [0.25, 0.3) is 11.8 Å². The summed E-state index contributed by atoms with van der Waals surface area (Å²) >= 11 is 0. The van der Waals surface area contributed by atoms with E-state index >= 15 is 0 Å². The van der Waals surface area contributed by atoms with Gasteiger partial charge in [-0.2, -0.15) is 4.98 Å². The molecule has 1 aliphatic heterocycles. The van der Waals surface area contributed by atoms with Crippen molar-refractivity contribution in [2.24, 2.45) is 0 Å². The highest BCUT2D eigenvalue weighted by Crippen LogP contribution is 2.26. The molecule has 0 bridgehead atoms. The highest BCUT2D eigenvalue weighted by Gasteiger charge is 2.24. The van der Waals surface area contributed by atoms with Crippen molar-refractivity contribution in [2.75, 3.05) is 6.61 Å². The number of pyridine rings is 1. The fourth-order valence-electron chi connectivity index (χ4n) is 2.06. The number of ether oxygens (including phenoxy) is 1. The maximum absolute atomic E-state index is 11.9. The van der Waals surface area contributed by atoms with Crippen LogP contribution in [-0.4, -0.2) is 32.7 Å². The van der Waals surface area contributed by atoms with Crippen molar-refractivity contribution in [3.8, 4) is 5.75 Å². The van der Waals surface area contributed by atoms with Crippen molar-refractivity contribution in [1.82, 2.24) is 20.4 Å². The van der Waals surface area contributed by atoms with Crippen molar-refractivity contribution in [3.05, 3.63) is 35.7 Å². The van der Waals surface area contributed by atoms with Crippen LogP contribution in [0, 0.1) is 0 Å². The number of carbonyl (C=O) groups excluding carboxylic acids is 1. The SMILES string of the molecule is O=C(NCc1noc([C@H]2CCCO2)n1)c1ncccc1O. The Labute approximate surface area is 120 Å². The molecule has 1 atom stereocenters. The van der Waals surface area contributed by atoms with Crippen LogP contribution in [0.5, 0.6) is 5.75 Å². The number of nitrogens with zero attached hydrogens (tertiary/aromatic N) is 3. The van der Waals surface area contributed by atoms with Gasteiger partial charge in [0.15, 0.2) is 11.5 Å². The van der Waals surface area contributed by atoms with E-state index in [1.165, 1.54) is 12.3 Å². The molecule has 0 saturated carbocycles. The van der Waals surface area contributed by atoms with Gasteiger partial charge in [-0.15, -0.1) is 0 Å². The van der Waals surface area contributed by atoms with E-state index in [-0.39, 0.29) is 24.1 Å². The molecule has 1 amide bonds. The smallest absolute Gasteiger partial charge is 0.274 e. The third-order valence-electron chi connectivity index (χ3n) is 3.10. The number of hydrogen-bond donors (Lipinski definition) is 2. The van der Waals surface area contributed by atoms with Crippen molar-refractivity contribution >= 4 is 5.91 Å². The Kier molecular flexibility index (Phi) is 3.78. The van der Waals surface area contributed by atoms with Crippen LogP contribution >= 0.6 is 0 Å². The predicted molar refractivity (Wildman–Crippen MR) is 69.3 cm³/mol. The summed E-state index contributed by atoms with van der Waals surface area (Å²) < 4.78 is 10.5. The Morgan fingerprint density at radius 2 is 2.43 bits per heavy atom. The van der Waals surface area contributed by atoms with Crippen LogP contribution in [0.2, 0.25) is 0 Å². The molecule has 1 saturated heterocycles. The Bertz CT molecular complexity index is 637. The van der Waals surface area contributed by atoms with Crippen LogP contribution in [0.3, 0.4) is 0 Å². The van der Waals surface area contributed by atoms with Crippen molar-refractivity contribution in [1.29, 1.82) is 0 Å². The third kappa shape index (κ3) is 3.00. The van der Waals surface area contributed by atoms with Gasteiger partial charge in [0.05, 0.1) is 6.54 Å². The molecule has 0 radical (unpaired) electrons. The van der Waals surface area contributed by atoms with E-state index in [0.29, 0.717) is 18.3 Å². The average molecular weight is 290 g/mol. The number of nitrogens with one attached hydrogen (secondary N) is 1. The third-order valence-corrected chi connectivity index (χ3v) is 3.10. The minimum atomic E-state index is -0.503. The first kappa shape index (κ1) is 13.5. The van der Waals surface area contributed by atoms with Gasteiger partial charge < -0.3 is 19.7 Å². The number of aromatic hydroxyl groups is 1. The standard InChI is InChI=1S/C13H14N4O4/c18-8-3-1-5-14-11(8)12(19)15-7-10-16-13(21-17-10)9-4-2-6-20-9/h1,3,5,9,18H,2,4,6-7H2,(H,15,19)/t9-/m1/s1. The summed E-state index contributed by atoms with van der Waals surface area (Å²) in [4.78, 5) is 19.8. The van der Waals surface area contributed by atoms with E-state index in [4.69, 9.17) is 9.26 Å². The Hall–Kier alpha value is -2.48. The van der Waals surface area contributed by atoms with E-state index < -0.39 is 5.91 Å². The first-order valence-corrected chi connectivity index (χ1v) is 6.60. The van der Waals surface area contributed by atoms with Crippen molar-refractivity contribution < 1.29 is 19.2 Å². The molecule has 1 aliphatic rings. The molecule has 3 heterocycles. The largest absolute Gasteiger partial charge is 0.505 e. The lowest BCUT2D eigenvalue weighted by atomic mass is 10.2. The second-order valence-corrected chi connectivity index (χ2v) is 4.60. The molecule has 0 unspecified atom stereocenters. The van der Waals surface area contributed by atoms with Gasteiger partial charge in [0.2, 0.25) is 0 Å². The molecule has 0 aromatic carbocycles. The molecule has 21 heavy (non-hydrogen) atoms. The average Bonchev–Trinajstić information content (AvgIpc) is 3.16. The second-order valence-electron chi connectivity index (χ2n) is 4.60. The van der Waals surface area contributed by atoms with Crippen LogP contribution in [-0.2, 0) is 11.3 Å². The summed E-state index contributed by atoms with van der Waals surface area (Å²) in [6.45, 7) is 0.781. The molecule has 3 rings (SSSR count). The lowest BCUT2D eigenvalue weighted by molar-refractivity contribution is 0.0835. The molecule has 2 N–H and O–H groups in total. The number of aromatic nitrogens is 3. The molecule has 2 aromatic heterocycles. The zero-order chi connectivity index (χ0) is 14.7. The fraction of sp³-hybridized carbons (Fsp3) is 0.385. The highest BCUT2D eigenvalue weighted by atomic mass is 16.5. The molecule has 0 spiro atoms. The maximum Gasteiger partial charge on any atom is 0.274 e. The summed E-state index contributed by atoms with van der Waals surface area (Å²) in [7, 11) is 0. The monoisotopic (exact) mass is 290 g/mol. The Balaban J connectivity index is 1.60. The molecular weight excluding hydrogens is 276 g/mol. The molecule has 1 fully saturated rings. The van der Waals surface area contributed by atoms with Crippen molar-refractivity contribution in [3.63, 3.8) is 0 Å². The van der Waals surface area contributed by atoms with E-state index in [0.717, 1.165) is 12.8 Å². The highest BCUT2D eigenvalue weighted by molar-refractivity contribution is 5.94. The van der Waals surface area contributed by atoms with Gasteiger partial charge in [0, 0.05) is 12.8 Å². The topological polar surface area (TPSA) is 110 Å². The van der Waals surface area contributed by atoms with Gasteiger partial charge in [0.1, 0.15) is 11.9 Å². The van der Waals surface area contributed by atoms with Gasteiger partial charge >= 0.3 is 0 Å². The Morgan fingerprint density at radius 1 is 1.52 bits per heavy atom. The zero-order valence-corrected chi connectivity index (χ0v) is 11.2. The van der Waals surface area contributed by atoms with Gasteiger partial charge in [-0.25, -0.2) is 4.98 Å². The molecule has 2 aromatic rings. The van der Waals surface area contributed by atoms with Gasteiger partial charge in [-0.3, -0.25) is 4.79 Å². The quantitative estimate of drug-likeness (QED) is 0.862. The Morgan fingerprint density at radius 3 is 3.19 bits per heavy atom. The van der Waals surface area contributed by atoms with Crippen LogP contribution in [0.1, 0.15) is 41.1 Å². The summed E-state index contributed by atoms with van der Waals surface area (Å²) in [5, 5.41) is 15.9. The van der Waals surface area contributed by atoms with Crippen LogP contribution in [0.15, 0.2) is 22.9 Å². The van der Waals surface area contributed by atoms with E-state index in [9.17, 15) is 9.90 Å². The normalized spacial score (nSPS) is 17.8. The van der Waals surface area contributed by atoms with Crippen LogP contribution < -0.4 is 5.32 Å². The van der Waals surface area contributed by atoms with E-state index in [1.807, 2.05) is 0 Å². The zero-order valence-electron chi connectivity index (χ0n) is 11.2. The first-order valence-electron chi connectivity index (χ1n) is 6.60. The van der Waals surface area contributed by atoms with Crippen LogP contribution in [0.4, 0.5) is 0 Å². The minimum absolute atomic E-state index is 0.0413. The number of hydrogen-bond acceptors (Lipinski definition) is 7. The lowest BCUT2D eigenvalue weighted by Gasteiger charge is -2.03. The number of carbonyl (C=O) groups is 1. The summed E-state index contributed by atoms with van der Waals surface area (Å²) in [6.07, 6.45) is 3.11. The number of rotatable bonds is 4. The maximum atomic E-state index is 11.9. The van der Waals surface area contributed by atoms with Crippen molar-refractivity contribution in [2.45, 2.75) is 25.5 Å². The van der Waals surface area contributed by atoms with E-state index in [2.05, 4.69) is 20.4 Å². The predicted octanol–water partition coefficient (Wildman–Crippen LogP) is 0.952. The lowest BCUT2D eigenvalue weighted by Crippen LogP contribution is -2.24. The van der Waals surface area contributed by atoms with Gasteiger partial charge in [-0.05, 0) is 25.0 Å². The summed E-state index contributed by atoms with van der Waals surface area (Å²) in [5.41, 5.74) is -0.0413. The molecular formula is C13H14N4O4. The molecule has 8 nitrogen and oxygen atoms in total. The summed E-state index contributed by atoms with van der Waals surface area (Å²) in [5.74, 6) is 0.0985.